The van der Waals surface area contributed by atoms with Crippen LogP contribution in [0.1, 0.15) is 23.6 Å². The largest absolute Gasteiger partial charge is 0.493 e. The van der Waals surface area contributed by atoms with E-state index in [0.29, 0.717) is 24.3 Å². The van der Waals surface area contributed by atoms with Crippen molar-refractivity contribution < 1.29 is 19.0 Å². The van der Waals surface area contributed by atoms with Crippen molar-refractivity contribution in [3.63, 3.8) is 0 Å². The molecule has 0 spiro atoms. The van der Waals surface area contributed by atoms with Gasteiger partial charge in [-0.25, -0.2) is 4.39 Å². The fourth-order valence-corrected chi connectivity index (χ4v) is 1.96. The molecule has 1 aromatic carbocycles. The van der Waals surface area contributed by atoms with E-state index in [1.807, 2.05) is 0 Å². The summed E-state index contributed by atoms with van der Waals surface area (Å²) in [5.74, 6) is -0.890. The molecule has 1 heterocycles. The number of benzene rings is 1. The average Bonchev–Trinajstić information content (AvgIpc) is 2.63. The summed E-state index contributed by atoms with van der Waals surface area (Å²) in [5, 5.41) is 8.65. The highest BCUT2D eigenvalue weighted by molar-refractivity contribution is 5.68. The lowest BCUT2D eigenvalue weighted by atomic mass is 9.96. The Balaban J connectivity index is 2.39. The molecule has 1 aromatic rings. The molecule has 0 amide bonds. The Morgan fingerprint density at radius 1 is 1.62 bits per heavy atom. The van der Waals surface area contributed by atoms with Crippen LogP contribution in [0.4, 0.5) is 4.39 Å². The summed E-state index contributed by atoms with van der Waals surface area (Å²) < 4.78 is 18.9. The number of hydrogen-bond acceptors (Lipinski definition) is 3. The summed E-state index contributed by atoms with van der Waals surface area (Å²) in [5.41, 5.74) is 6.67. The normalized spacial score (nSPS) is 15.4. The lowest BCUT2D eigenvalue weighted by Crippen LogP contribution is -2.18. The highest BCUT2D eigenvalue weighted by Crippen LogP contribution is 2.33. The van der Waals surface area contributed by atoms with Gasteiger partial charge < -0.3 is 15.6 Å². The van der Waals surface area contributed by atoms with Crippen molar-refractivity contribution >= 4 is 5.97 Å². The lowest BCUT2D eigenvalue weighted by Gasteiger charge is -2.14. The van der Waals surface area contributed by atoms with E-state index < -0.39 is 17.8 Å². The predicted molar refractivity (Wildman–Crippen MR) is 54.8 cm³/mol. The van der Waals surface area contributed by atoms with Gasteiger partial charge in [0.25, 0.3) is 0 Å². The number of nitrogens with two attached hydrogens (primary N) is 1. The van der Waals surface area contributed by atoms with E-state index >= 15 is 0 Å². The molecule has 5 heteroatoms. The maximum atomic E-state index is 13.6. The van der Waals surface area contributed by atoms with Crippen LogP contribution in [0.3, 0.4) is 0 Å². The van der Waals surface area contributed by atoms with Crippen molar-refractivity contribution in [1.29, 1.82) is 0 Å². The Hall–Kier alpha value is -1.62. The zero-order valence-electron chi connectivity index (χ0n) is 8.57. The maximum absolute atomic E-state index is 13.6. The number of aliphatic carboxylic acids is 1. The molecule has 1 aliphatic heterocycles. The van der Waals surface area contributed by atoms with Gasteiger partial charge in [0.05, 0.1) is 13.0 Å². The Morgan fingerprint density at radius 3 is 3.06 bits per heavy atom. The molecule has 0 aliphatic carbocycles. The minimum atomic E-state index is -1.04. The molecule has 0 aromatic heterocycles. The Kier molecular flexibility index (Phi) is 2.78. The van der Waals surface area contributed by atoms with Crippen LogP contribution >= 0.6 is 0 Å². The molecule has 0 saturated carbocycles. The summed E-state index contributed by atoms with van der Waals surface area (Å²) in [7, 11) is 0. The Bertz CT molecular complexity index is 433. The van der Waals surface area contributed by atoms with Crippen molar-refractivity contribution in [1.82, 2.24) is 0 Å². The molecule has 1 atom stereocenters. The second-order valence-corrected chi connectivity index (χ2v) is 3.74. The SMILES string of the molecule is NC(CC(=O)O)c1c(F)ccc2c1CCO2. The summed E-state index contributed by atoms with van der Waals surface area (Å²) in [6.07, 6.45) is 0.295. The molecular weight excluding hydrogens is 213 g/mol. The van der Waals surface area contributed by atoms with Gasteiger partial charge in [-0.3, -0.25) is 4.79 Å². The fraction of sp³-hybridized carbons (Fsp3) is 0.364. The van der Waals surface area contributed by atoms with E-state index in [1.165, 1.54) is 6.07 Å². The Morgan fingerprint density at radius 2 is 2.38 bits per heavy atom. The number of hydrogen-bond donors (Lipinski definition) is 2. The quantitative estimate of drug-likeness (QED) is 0.811. The van der Waals surface area contributed by atoms with Crippen molar-refractivity contribution in [2.75, 3.05) is 6.61 Å². The number of halogens is 1. The Labute approximate surface area is 91.8 Å². The van der Waals surface area contributed by atoms with Gasteiger partial charge in [-0.15, -0.1) is 0 Å². The van der Waals surface area contributed by atoms with Crippen LogP contribution in [-0.4, -0.2) is 17.7 Å². The summed E-state index contributed by atoms with van der Waals surface area (Å²) in [4.78, 5) is 10.6. The van der Waals surface area contributed by atoms with Crippen LogP contribution in [0.15, 0.2) is 12.1 Å². The van der Waals surface area contributed by atoms with Crippen LogP contribution in [0, 0.1) is 5.82 Å². The first kappa shape index (κ1) is 10.9. The average molecular weight is 225 g/mol. The van der Waals surface area contributed by atoms with E-state index in [0.717, 1.165) is 0 Å². The van der Waals surface area contributed by atoms with Crippen molar-refractivity contribution in [2.24, 2.45) is 5.73 Å². The molecule has 3 N–H and O–H groups in total. The monoisotopic (exact) mass is 225 g/mol. The van der Waals surface area contributed by atoms with Crippen LogP contribution in [0.5, 0.6) is 5.75 Å². The van der Waals surface area contributed by atoms with Crippen LogP contribution in [0.2, 0.25) is 0 Å². The van der Waals surface area contributed by atoms with E-state index in [4.69, 9.17) is 15.6 Å². The highest BCUT2D eigenvalue weighted by Gasteiger charge is 2.24. The van der Waals surface area contributed by atoms with E-state index in [1.54, 1.807) is 6.07 Å². The summed E-state index contributed by atoms with van der Waals surface area (Å²) in [6, 6.07) is 1.99. The highest BCUT2D eigenvalue weighted by atomic mass is 19.1. The van der Waals surface area contributed by atoms with Crippen LogP contribution < -0.4 is 10.5 Å². The first-order valence-corrected chi connectivity index (χ1v) is 5.01. The van der Waals surface area contributed by atoms with Gasteiger partial charge in [-0.2, -0.15) is 0 Å². The van der Waals surface area contributed by atoms with E-state index in [-0.39, 0.29) is 12.0 Å². The minimum absolute atomic E-state index is 0.275. The third-order valence-electron chi connectivity index (χ3n) is 2.64. The van der Waals surface area contributed by atoms with Crippen molar-refractivity contribution in [2.45, 2.75) is 18.9 Å². The van der Waals surface area contributed by atoms with Gasteiger partial charge in [-0.1, -0.05) is 0 Å². The first-order valence-electron chi connectivity index (χ1n) is 5.01. The predicted octanol–water partition coefficient (Wildman–Crippen LogP) is 1.24. The van der Waals surface area contributed by atoms with Gasteiger partial charge in [0.1, 0.15) is 11.6 Å². The number of carbonyl (C=O) groups is 1. The molecule has 0 bridgehead atoms. The third kappa shape index (κ3) is 1.86. The van der Waals surface area contributed by atoms with Gasteiger partial charge in [0.2, 0.25) is 0 Å². The standard InChI is InChI=1S/C11H12FNO3/c12-7-1-2-9-6(3-4-16-9)11(7)8(13)5-10(14)15/h1-2,8H,3-5,13H2,(H,14,15). The van der Waals surface area contributed by atoms with E-state index in [9.17, 15) is 9.18 Å². The molecule has 2 rings (SSSR count). The van der Waals surface area contributed by atoms with E-state index in [2.05, 4.69) is 0 Å². The molecule has 4 nitrogen and oxygen atoms in total. The number of fused-ring (bicyclic) bond motifs is 1. The number of carboxylic acids is 1. The van der Waals surface area contributed by atoms with Crippen LogP contribution in [0.25, 0.3) is 0 Å². The minimum Gasteiger partial charge on any atom is -0.493 e. The number of ether oxygens (including phenoxy) is 1. The third-order valence-corrected chi connectivity index (χ3v) is 2.64. The second-order valence-electron chi connectivity index (χ2n) is 3.74. The van der Waals surface area contributed by atoms with Gasteiger partial charge in [0.15, 0.2) is 0 Å². The molecule has 16 heavy (non-hydrogen) atoms. The zero-order valence-corrected chi connectivity index (χ0v) is 8.57. The van der Waals surface area contributed by atoms with Gasteiger partial charge in [0, 0.05) is 23.6 Å². The van der Waals surface area contributed by atoms with Crippen molar-refractivity contribution in [3.8, 4) is 5.75 Å². The molecular formula is C11H12FNO3. The molecule has 1 aliphatic rings. The molecule has 1 unspecified atom stereocenters. The molecule has 0 fully saturated rings. The zero-order chi connectivity index (χ0) is 11.7. The summed E-state index contributed by atoms with van der Waals surface area (Å²) >= 11 is 0. The number of rotatable bonds is 3. The number of carboxylic acid groups (broad SMARTS) is 1. The smallest absolute Gasteiger partial charge is 0.305 e. The second kappa shape index (κ2) is 4.09. The molecule has 0 saturated heterocycles. The maximum Gasteiger partial charge on any atom is 0.305 e. The van der Waals surface area contributed by atoms with Gasteiger partial charge in [-0.05, 0) is 12.1 Å². The summed E-state index contributed by atoms with van der Waals surface area (Å²) in [6.45, 7) is 0.492. The van der Waals surface area contributed by atoms with Crippen molar-refractivity contribution in [3.05, 3.63) is 29.1 Å². The molecule has 86 valence electrons. The fourth-order valence-electron chi connectivity index (χ4n) is 1.96. The molecule has 0 radical (unpaired) electrons. The topological polar surface area (TPSA) is 72.6 Å². The first-order chi connectivity index (χ1) is 7.59. The van der Waals surface area contributed by atoms with Crippen LogP contribution in [-0.2, 0) is 11.2 Å². The lowest BCUT2D eigenvalue weighted by molar-refractivity contribution is -0.137. The van der Waals surface area contributed by atoms with Gasteiger partial charge >= 0.3 is 5.97 Å².